The molecule has 0 bridgehead atoms. The second kappa shape index (κ2) is 10.6. The summed E-state index contributed by atoms with van der Waals surface area (Å²) in [5, 5.41) is 3.26. The van der Waals surface area contributed by atoms with Gasteiger partial charge in [-0.3, -0.25) is 4.99 Å². The van der Waals surface area contributed by atoms with E-state index < -0.39 is 10.0 Å². The zero-order valence-corrected chi connectivity index (χ0v) is 17.9. The van der Waals surface area contributed by atoms with Crippen molar-refractivity contribution in [1.29, 1.82) is 0 Å². The van der Waals surface area contributed by atoms with E-state index in [1.165, 1.54) is 12.1 Å². The molecule has 0 heterocycles. The van der Waals surface area contributed by atoms with Gasteiger partial charge in [-0.05, 0) is 30.3 Å². The lowest BCUT2D eigenvalue weighted by atomic mass is 10.3. The average molecular weight is 511 g/mol. The van der Waals surface area contributed by atoms with E-state index in [1.54, 1.807) is 25.3 Å². The summed E-state index contributed by atoms with van der Waals surface area (Å²) < 4.78 is 31.8. The summed E-state index contributed by atoms with van der Waals surface area (Å²) in [6.07, 6.45) is 0. The summed E-state index contributed by atoms with van der Waals surface area (Å²) in [4.78, 5) is 4.18. The maximum Gasteiger partial charge on any atom is 0.240 e. The van der Waals surface area contributed by atoms with Crippen molar-refractivity contribution in [1.82, 2.24) is 4.72 Å². The molecule has 0 aliphatic heterocycles. The fourth-order valence-electron chi connectivity index (χ4n) is 1.96. The minimum absolute atomic E-state index is 0. The smallest absolute Gasteiger partial charge is 0.240 e. The minimum atomic E-state index is -3.63. The van der Waals surface area contributed by atoms with Crippen LogP contribution in [-0.4, -0.2) is 34.6 Å². The Balaban J connectivity index is 0.00000338. The van der Waals surface area contributed by atoms with Crippen LogP contribution in [0.25, 0.3) is 0 Å². The van der Waals surface area contributed by atoms with Gasteiger partial charge in [-0.15, -0.1) is 24.0 Å². The third-order valence-electron chi connectivity index (χ3n) is 3.13. The van der Waals surface area contributed by atoms with Gasteiger partial charge in [0, 0.05) is 23.3 Å². The third kappa shape index (κ3) is 6.98. The number of sulfonamides is 1. The summed E-state index contributed by atoms with van der Waals surface area (Å²) >= 11 is 5.80. The largest absolute Gasteiger partial charge is 0.497 e. The normalized spacial score (nSPS) is 11.5. The first-order valence-electron chi connectivity index (χ1n) is 7.37. The monoisotopic (exact) mass is 510 g/mol. The number of nitrogens with one attached hydrogen (secondary N) is 2. The van der Waals surface area contributed by atoms with Crippen molar-refractivity contribution in [2.45, 2.75) is 4.90 Å². The SMILES string of the molecule is COc1cccc(NC(N)=NCCNS(=O)(=O)c2cccc(Cl)c2)c1.I. The molecule has 0 fully saturated rings. The first-order valence-corrected chi connectivity index (χ1v) is 9.23. The second-order valence-electron chi connectivity index (χ2n) is 4.98. The van der Waals surface area contributed by atoms with Gasteiger partial charge >= 0.3 is 0 Å². The van der Waals surface area contributed by atoms with Crippen LogP contribution in [0.2, 0.25) is 5.02 Å². The first kappa shape index (κ1) is 22.5. The summed E-state index contributed by atoms with van der Waals surface area (Å²) in [6, 6.07) is 13.2. The number of benzene rings is 2. The van der Waals surface area contributed by atoms with Crippen LogP contribution in [0, 0.1) is 0 Å². The highest BCUT2D eigenvalue weighted by molar-refractivity contribution is 14.0. The van der Waals surface area contributed by atoms with Gasteiger partial charge in [0.1, 0.15) is 5.75 Å². The molecule has 0 radical (unpaired) electrons. The first-order chi connectivity index (χ1) is 11.9. The number of guanidine groups is 1. The number of nitrogens with two attached hydrogens (primary N) is 1. The molecule has 2 aromatic rings. The highest BCUT2D eigenvalue weighted by Gasteiger charge is 2.13. The van der Waals surface area contributed by atoms with Crippen molar-refractivity contribution in [2.75, 3.05) is 25.5 Å². The van der Waals surface area contributed by atoms with Crippen LogP contribution in [0.3, 0.4) is 0 Å². The molecule has 0 amide bonds. The summed E-state index contributed by atoms with van der Waals surface area (Å²) in [6.45, 7) is 0.290. The van der Waals surface area contributed by atoms with E-state index in [4.69, 9.17) is 22.1 Å². The van der Waals surface area contributed by atoms with E-state index in [0.29, 0.717) is 10.8 Å². The lowest BCUT2D eigenvalue weighted by molar-refractivity contribution is 0.415. The Bertz CT molecular complexity index is 862. The molecule has 0 aliphatic carbocycles. The second-order valence-corrected chi connectivity index (χ2v) is 7.18. The Kier molecular flexibility index (Phi) is 9.13. The molecule has 0 aromatic heterocycles. The molecule has 2 aromatic carbocycles. The lowest BCUT2D eigenvalue weighted by Crippen LogP contribution is -2.28. The molecule has 10 heteroatoms. The standard InChI is InChI=1S/C16H19ClN4O3S.HI/c1-24-14-6-3-5-13(11-14)21-16(18)19-8-9-20-25(22,23)15-7-2-4-12(17)10-15;/h2-7,10-11,20H,8-9H2,1H3,(H3,18,19,21);1H. The topological polar surface area (TPSA) is 106 Å². The fraction of sp³-hybridized carbons (Fsp3) is 0.188. The quantitative estimate of drug-likeness (QED) is 0.230. The number of halogens is 2. The van der Waals surface area contributed by atoms with Crippen LogP contribution in [0.4, 0.5) is 5.69 Å². The molecule has 26 heavy (non-hydrogen) atoms. The van der Waals surface area contributed by atoms with E-state index in [-0.39, 0.29) is 47.9 Å². The van der Waals surface area contributed by atoms with Gasteiger partial charge < -0.3 is 15.8 Å². The highest BCUT2D eigenvalue weighted by Crippen LogP contribution is 2.16. The average Bonchev–Trinajstić information content (AvgIpc) is 2.59. The fourth-order valence-corrected chi connectivity index (χ4v) is 3.28. The maximum absolute atomic E-state index is 12.1. The van der Waals surface area contributed by atoms with Crippen molar-refractivity contribution < 1.29 is 13.2 Å². The van der Waals surface area contributed by atoms with Gasteiger partial charge in [-0.1, -0.05) is 23.7 Å². The van der Waals surface area contributed by atoms with Gasteiger partial charge in [0.15, 0.2) is 5.96 Å². The number of aliphatic imine (C=N–C) groups is 1. The summed E-state index contributed by atoms with van der Waals surface area (Å²) in [5.41, 5.74) is 6.50. The number of hydrogen-bond donors (Lipinski definition) is 3. The molecule has 7 nitrogen and oxygen atoms in total. The van der Waals surface area contributed by atoms with Gasteiger partial charge in [-0.2, -0.15) is 0 Å². The van der Waals surface area contributed by atoms with Crippen molar-refractivity contribution >= 4 is 57.2 Å². The lowest BCUT2D eigenvalue weighted by Gasteiger charge is -2.08. The summed E-state index contributed by atoms with van der Waals surface area (Å²) in [7, 11) is -2.06. The number of rotatable bonds is 7. The van der Waals surface area contributed by atoms with Gasteiger partial charge in [0.05, 0.1) is 18.6 Å². The van der Waals surface area contributed by atoms with E-state index in [9.17, 15) is 8.42 Å². The Morgan fingerprint density at radius 1 is 1.23 bits per heavy atom. The van der Waals surface area contributed by atoms with Crippen molar-refractivity contribution in [2.24, 2.45) is 10.7 Å². The molecule has 0 saturated carbocycles. The number of ether oxygens (including phenoxy) is 1. The Morgan fingerprint density at radius 3 is 2.65 bits per heavy atom. The summed E-state index contributed by atoms with van der Waals surface area (Å²) in [5.74, 6) is 0.863. The van der Waals surface area contributed by atoms with Crippen LogP contribution in [0.1, 0.15) is 0 Å². The molecule has 0 saturated heterocycles. The molecule has 0 atom stereocenters. The predicted octanol–water partition coefficient (Wildman–Crippen LogP) is 2.67. The zero-order chi connectivity index (χ0) is 18.3. The molecule has 0 spiro atoms. The van der Waals surface area contributed by atoms with E-state index >= 15 is 0 Å². The van der Waals surface area contributed by atoms with Crippen LogP contribution < -0.4 is 20.5 Å². The highest BCUT2D eigenvalue weighted by atomic mass is 127. The number of hydrogen-bond acceptors (Lipinski definition) is 4. The van der Waals surface area contributed by atoms with Gasteiger partial charge in [0.25, 0.3) is 0 Å². The third-order valence-corrected chi connectivity index (χ3v) is 4.83. The van der Waals surface area contributed by atoms with E-state index in [1.807, 2.05) is 18.2 Å². The number of nitrogens with zero attached hydrogens (tertiary/aromatic N) is 1. The minimum Gasteiger partial charge on any atom is -0.497 e. The van der Waals surface area contributed by atoms with Crippen molar-refractivity contribution in [3.63, 3.8) is 0 Å². The van der Waals surface area contributed by atoms with Gasteiger partial charge in [0.2, 0.25) is 10.0 Å². The van der Waals surface area contributed by atoms with Crippen LogP contribution in [0.5, 0.6) is 5.75 Å². The van der Waals surface area contributed by atoms with Crippen LogP contribution >= 0.6 is 35.6 Å². The van der Waals surface area contributed by atoms with Crippen molar-refractivity contribution in [3.8, 4) is 5.75 Å². The van der Waals surface area contributed by atoms with E-state index in [0.717, 1.165) is 5.69 Å². The molecule has 0 aliphatic rings. The van der Waals surface area contributed by atoms with Gasteiger partial charge in [-0.25, -0.2) is 13.1 Å². The molecule has 2 rings (SSSR count). The van der Waals surface area contributed by atoms with Crippen LogP contribution in [-0.2, 0) is 10.0 Å². The molecule has 4 N–H and O–H groups in total. The molecular weight excluding hydrogens is 491 g/mol. The number of anilines is 1. The molecule has 142 valence electrons. The maximum atomic E-state index is 12.1. The van der Waals surface area contributed by atoms with Crippen molar-refractivity contribution in [3.05, 3.63) is 53.6 Å². The Morgan fingerprint density at radius 2 is 1.96 bits per heavy atom. The Hall–Kier alpha value is -1.56. The molecule has 0 unspecified atom stereocenters. The molecular formula is C16H20ClIN4O3S. The Labute approximate surface area is 175 Å². The number of methoxy groups -OCH3 is 1. The zero-order valence-electron chi connectivity index (χ0n) is 14.0. The van der Waals surface area contributed by atoms with E-state index in [2.05, 4.69) is 15.0 Å². The van der Waals surface area contributed by atoms with Crippen LogP contribution in [0.15, 0.2) is 58.4 Å². The predicted molar refractivity (Wildman–Crippen MR) is 115 cm³/mol.